The SMILES string of the molecule is COCCC(C)NS(=O)(=O)c1ccc(CN)cc1. The number of sulfonamides is 1. The van der Waals surface area contributed by atoms with E-state index >= 15 is 0 Å². The molecule has 1 unspecified atom stereocenters. The maximum atomic E-state index is 12.0. The standard InChI is InChI=1S/C12H20N2O3S/c1-10(7-8-17-2)14-18(15,16)12-5-3-11(9-13)4-6-12/h3-6,10,14H,7-9,13H2,1-2H3. The van der Waals surface area contributed by atoms with E-state index in [9.17, 15) is 8.42 Å². The number of hydrogen-bond acceptors (Lipinski definition) is 4. The molecule has 0 aliphatic rings. The summed E-state index contributed by atoms with van der Waals surface area (Å²) in [7, 11) is -1.87. The molecule has 1 atom stereocenters. The van der Waals surface area contributed by atoms with Crippen LogP contribution in [0.5, 0.6) is 0 Å². The second-order valence-electron chi connectivity index (χ2n) is 4.15. The third-order valence-electron chi connectivity index (χ3n) is 2.58. The molecule has 0 fully saturated rings. The van der Waals surface area contributed by atoms with Crippen LogP contribution in [0.2, 0.25) is 0 Å². The molecule has 0 saturated carbocycles. The van der Waals surface area contributed by atoms with Gasteiger partial charge >= 0.3 is 0 Å². The summed E-state index contributed by atoms with van der Waals surface area (Å²) >= 11 is 0. The van der Waals surface area contributed by atoms with Crippen LogP contribution in [0.25, 0.3) is 0 Å². The van der Waals surface area contributed by atoms with Gasteiger partial charge in [-0.1, -0.05) is 12.1 Å². The van der Waals surface area contributed by atoms with Gasteiger partial charge in [0.15, 0.2) is 0 Å². The van der Waals surface area contributed by atoms with Crippen LogP contribution in [0, 0.1) is 0 Å². The van der Waals surface area contributed by atoms with E-state index in [0.717, 1.165) is 5.56 Å². The van der Waals surface area contributed by atoms with E-state index in [1.807, 2.05) is 6.92 Å². The highest BCUT2D eigenvalue weighted by atomic mass is 32.2. The summed E-state index contributed by atoms with van der Waals surface area (Å²) in [4.78, 5) is 0.254. The van der Waals surface area contributed by atoms with Gasteiger partial charge in [-0.2, -0.15) is 0 Å². The molecule has 0 aliphatic heterocycles. The first-order valence-electron chi connectivity index (χ1n) is 5.80. The molecule has 0 heterocycles. The maximum Gasteiger partial charge on any atom is 0.240 e. The predicted molar refractivity (Wildman–Crippen MR) is 70.6 cm³/mol. The fourth-order valence-electron chi connectivity index (χ4n) is 1.49. The van der Waals surface area contributed by atoms with Gasteiger partial charge in [0, 0.05) is 26.3 Å². The lowest BCUT2D eigenvalue weighted by Crippen LogP contribution is -2.33. The highest BCUT2D eigenvalue weighted by Gasteiger charge is 2.16. The molecule has 0 saturated heterocycles. The Kier molecular flexibility index (Phi) is 5.74. The van der Waals surface area contributed by atoms with Crippen molar-refractivity contribution in [2.24, 2.45) is 5.73 Å². The van der Waals surface area contributed by atoms with Gasteiger partial charge in [0.1, 0.15) is 0 Å². The third kappa shape index (κ3) is 4.38. The third-order valence-corrected chi connectivity index (χ3v) is 4.19. The number of nitrogens with one attached hydrogen (secondary N) is 1. The van der Waals surface area contributed by atoms with Crippen LogP contribution in [0.1, 0.15) is 18.9 Å². The fourth-order valence-corrected chi connectivity index (χ4v) is 2.77. The molecule has 1 rings (SSSR count). The molecule has 1 aromatic rings. The van der Waals surface area contributed by atoms with Crippen LogP contribution in [0.3, 0.4) is 0 Å². The van der Waals surface area contributed by atoms with Crippen LogP contribution in [0.4, 0.5) is 0 Å². The monoisotopic (exact) mass is 272 g/mol. The Morgan fingerprint density at radius 3 is 2.44 bits per heavy atom. The van der Waals surface area contributed by atoms with E-state index in [0.29, 0.717) is 19.6 Å². The first-order chi connectivity index (χ1) is 8.49. The second-order valence-corrected chi connectivity index (χ2v) is 5.87. The van der Waals surface area contributed by atoms with Crippen molar-refractivity contribution in [3.63, 3.8) is 0 Å². The molecule has 0 aromatic heterocycles. The van der Waals surface area contributed by atoms with Crippen LogP contribution >= 0.6 is 0 Å². The van der Waals surface area contributed by atoms with Crippen LogP contribution in [-0.4, -0.2) is 28.2 Å². The Morgan fingerprint density at radius 2 is 1.94 bits per heavy atom. The van der Waals surface area contributed by atoms with E-state index in [1.54, 1.807) is 31.4 Å². The Balaban J connectivity index is 2.73. The lowest BCUT2D eigenvalue weighted by Gasteiger charge is -2.13. The topological polar surface area (TPSA) is 81.4 Å². The molecule has 0 radical (unpaired) electrons. The zero-order chi connectivity index (χ0) is 13.6. The minimum Gasteiger partial charge on any atom is -0.385 e. The first kappa shape index (κ1) is 15.1. The van der Waals surface area contributed by atoms with Crippen molar-refractivity contribution in [1.82, 2.24) is 4.72 Å². The molecule has 3 N–H and O–H groups in total. The summed E-state index contributed by atoms with van der Waals surface area (Å²) in [5, 5.41) is 0. The highest BCUT2D eigenvalue weighted by Crippen LogP contribution is 2.11. The van der Waals surface area contributed by atoms with Gasteiger partial charge in [-0.05, 0) is 31.0 Å². The van der Waals surface area contributed by atoms with E-state index in [2.05, 4.69) is 4.72 Å². The van der Waals surface area contributed by atoms with Gasteiger partial charge in [-0.3, -0.25) is 0 Å². The van der Waals surface area contributed by atoms with Crippen molar-refractivity contribution in [1.29, 1.82) is 0 Å². The van der Waals surface area contributed by atoms with Crippen molar-refractivity contribution in [2.75, 3.05) is 13.7 Å². The predicted octanol–water partition coefficient (Wildman–Crippen LogP) is 0.849. The zero-order valence-electron chi connectivity index (χ0n) is 10.7. The van der Waals surface area contributed by atoms with E-state index in [-0.39, 0.29) is 10.9 Å². The number of rotatable bonds is 7. The molecular weight excluding hydrogens is 252 g/mol. The molecule has 5 nitrogen and oxygen atoms in total. The van der Waals surface area contributed by atoms with E-state index in [1.165, 1.54) is 0 Å². The smallest absolute Gasteiger partial charge is 0.240 e. The van der Waals surface area contributed by atoms with Crippen LogP contribution < -0.4 is 10.5 Å². The van der Waals surface area contributed by atoms with E-state index in [4.69, 9.17) is 10.5 Å². The van der Waals surface area contributed by atoms with Gasteiger partial charge in [-0.25, -0.2) is 13.1 Å². The lowest BCUT2D eigenvalue weighted by molar-refractivity contribution is 0.188. The second kappa shape index (κ2) is 6.84. The molecular formula is C12H20N2O3S. The normalized spacial score (nSPS) is 13.5. The summed E-state index contributed by atoms with van der Waals surface area (Å²) in [6.07, 6.45) is 0.636. The van der Waals surface area contributed by atoms with Gasteiger partial charge in [0.2, 0.25) is 10.0 Å². The molecule has 0 spiro atoms. The molecule has 0 amide bonds. The lowest BCUT2D eigenvalue weighted by atomic mass is 10.2. The summed E-state index contributed by atoms with van der Waals surface area (Å²) in [6, 6.07) is 6.40. The quantitative estimate of drug-likeness (QED) is 0.771. The summed E-state index contributed by atoms with van der Waals surface area (Å²) in [5.41, 5.74) is 6.37. The van der Waals surface area contributed by atoms with Gasteiger partial charge in [-0.15, -0.1) is 0 Å². The minimum atomic E-state index is -3.46. The number of benzene rings is 1. The van der Waals surface area contributed by atoms with Gasteiger partial charge < -0.3 is 10.5 Å². The minimum absolute atomic E-state index is 0.163. The number of nitrogens with two attached hydrogens (primary N) is 1. The van der Waals surface area contributed by atoms with Crippen molar-refractivity contribution < 1.29 is 13.2 Å². The van der Waals surface area contributed by atoms with Crippen molar-refractivity contribution in [2.45, 2.75) is 30.8 Å². The summed E-state index contributed by atoms with van der Waals surface area (Å²) < 4.78 is 31.6. The van der Waals surface area contributed by atoms with Gasteiger partial charge in [0.05, 0.1) is 4.90 Å². The summed E-state index contributed by atoms with van der Waals surface area (Å²) in [5.74, 6) is 0. The first-order valence-corrected chi connectivity index (χ1v) is 7.28. The summed E-state index contributed by atoms with van der Waals surface area (Å²) in [6.45, 7) is 2.73. The average Bonchev–Trinajstić information content (AvgIpc) is 2.36. The van der Waals surface area contributed by atoms with Crippen LogP contribution in [0.15, 0.2) is 29.2 Å². The molecule has 1 aromatic carbocycles. The number of ether oxygens (including phenoxy) is 1. The molecule has 0 aliphatic carbocycles. The van der Waals surface area contributed by atoms with Crippen molar-refractivity contribution >= 4 is 10.0 Å². The molecule has 0 bridgehead atoms. The highest BCUT2D eigenvalue weighted by molar-refractivity contribution is 7.89. The molecule has 6 heteroatoms. The largest absolute Gasteiger partial charge is 0.385 e. The zero-order valence-corrected chi connectivity index (χ0v) is 11.5. The number of methoxy groups -OCH3 is 1. The maximum absolute atomic E-state index is 12.0. The Morgan fingerprint density at radius 1 is 1.33 bits per heavy atom. The van der Waals surface area contributed by atoms with Crippen molar-refractivity contribution in [3.8, 4) is 0 Å². The Bertz CT molecular complexity index is 457. The Hall–Kier alpha value is -0.950. The van der Waals surface area contributed by atoms with Gasteiger partial charge in [0.25, 0.3) is 0 Å². The fraction of sp³-hybridized carbons (Fsp3) is 0.500. The molecule has 102 valence electrons. The Labute approximate surface area is 108 Å². The number of hydrogen-bond donors (Lipinski definition) is 2. The molecule has 18 heavy (non-hydrogen) atoms. The van der Waals surface area contributed by atoms with Crippen molar-refractivity contribution in [3.05, 3.63) is 29.8 Å². The van der Waals surface area contributed by atoms with Crippen LogP contribution in [-0.2, 0) is 21.3 Å². The average molecular weight is 272 g/mol. The van der Waals surface area contributed by atoms with E-state index < -0.39 is 10.0 Å².